The number of amides is 1. The minimum atomic E-state index is -0.426. The number of carbonyl (C=O) groups is 2. The summed E-state index contributed by atoms with van der Waals surface area (Å²) in [5.74, 6) is 0.621. The fourth-order valence-corrected chi connectivity index (χ4v) is 3.75. The zero-order valence-electron chi connectivity index (χ0n) is 12.0. The van der Waals surface area contributed by atoms with Crippen molar-refractivity contribution in [3.63, 3.8) is 0 Å². The molecule has 0 aromatic heterocycles. The Morgan fingerprint density at radius 3 is 2.65 bits per heavy atom. The molecule has 1 aliphatic rings. The Morgan fingerprint density at radius 1 is 1.35 bits per heavy atom. The molecule has 1 unspecified atom stereocenters. The molecule has 20 heavy (non-hydrogen) atoms. The monoisotopic (exact) mass is 293 g/mol. The molecule has 1 atom stereocenters. The third kappa shape index (κ3) is 2.68. The van der Waals surface area contributed by atoms with Crippen LogP contribution in [0.25, 0.3) is 0 Å². The zero-order valence-corrected chi connectivity index (χ0v) is 12.8. The van der Waals surface area contributed by atoms with Crippen LogP contribution in [0, 0.1) is 0 Å². The number of benzene rings is 1. The molecule has 0 radical (unpaired) electrons. The van der Waals surface area contributed by atoms with Gasteiger partial charge in [-0.15, -0.1) is 11.8 Å². The van der Waals surface area contributed by atoms with Crippen LogP contribution in [0.2, 0.25) is 0 Å². The summed E-state index contributed by atoms with van der Waals surface area (Å²) in [5.41, 5.74) is 1.01. The van der Waals surface area contributed by atoms with Gasteiger partial charge in [0.25, 0.3) is 0 Å². The second-order valence-electron chi connectivity index (χ2n) is 5.06. The number of anilines is 1. The van der Waals surface area contributed by atoms with Crippen molar-refractivity contribution in [3.8, 4) is 0 Å². The Bertz CT molecular complexity index is 524. The van der Waals surface area contributed by atoms with Gasteiger partial charge >= 0.3 is 5.97 Å². The molecule has 1 saturated heterocycles. The molecule has 4 nitrogen and oxygen atoms in total. The molecule has 5 heteroatoms. The summed E-state index contributed by atoms with van der Waals surface area (Å²) in [5, 5.41) is 0. The van der Waals surface area contributed by atoms with Crippen LogP contribution in [0.1, 0.15) is 30.1 Å². The van der Waals surface area contributed by atoms with Gasteiger partial charge in [0.1, 0.15) is 0 Å². The van der Waals surface area contributed by atoms with Gasteiger partial charge in [-0.1, -0.05) is 12.1 Å². The second-order valence-corrected chi connectivity index (χ2v) is 6.65. The van der Waals surface area contributed by atoms with E-state index in [1.165, 1.54) is 7.11 Å². The van der Waals surface area contributed by atoms with Gasteiger partial charge in [0.15, 0.2) is 0 Å². The van der Waals surface area contributed by atoms with Gasteiger partial charge in [-0.05, 0) is 37.7 Å². The van der Waals surface area contributed by atoms with Crippen LogP contribution in [0.4, 0.5) is 5.69 Å². The fourth-order valence-electron chi connectivity index (χ4n) is 2.46. The van der Waals surface area contributed by atoms with Gasteiger partial charge in [0.05, 0.1) is 23.1 Å². The first-order chi connectivity index (χ1) is 9.49. The Morgan fingerprint density at radius 2 is 2.05 bits per heavy atom. The normalized spacial score (nSPS) is 21.6. The van der Waals surface area contributed by atoms with Crippen LogP contribution in [0.5, 0.6) is 0 Å². The minimum absolute atomic E-state index is 0.0383. The highest BCUT2D eigenvalue weighted by molar-refractivity contribution is 8.01. The highest BCUT2D eigenvalue weighted by Crippen LogP contribution is 2.40. The van der Waals surface area contributed by atoms with Crippen molar-refractivity contribution in [3.05, 3.63) is 29.8 Å². The van der Waals surface area contributed by atoms with Crippen molar-refractivity contribution in [2.45, 2.75) is 24.5 Å². The van der Waals surface area contributed by atoms with Gasteiger partial charge in [0, 0.05) is 7.05 Å². The number of hydrogen-bond donors (Lipinski definition) is 0. The van der Waals surface area contributed by atoms with Gasteiger partial charge in [-0.2, -0.15) is 0 Å². The van der Waals surface area contributed by atoms with Crippen molar-refractivity contribution < 1.29 is 14.3 Å². The number of nitrogens with zero attached hydrogens (tertiary/aromatic N) is 1. The number of esters is 1. The maximum atomic E-state index is 12.7. The van der Waals surface area contributed by atoms with Gasteiger partial charge < -0.3 is 9.64 Å². The van der Waals surface area contributed by atoms with E-state index in [1.54, 1.807) is 41.9 Å². The van der Waals surface area contributed by atoms with Crippen LogP contribution in [-0.2, 0) is 9.53 Å². The molecule has 1 aliphatic heterocycles. The topological polar surface area (TPSA) is 46.6 Å². The lowest BCUT2D eigenvalue weighted by atomic mass is 10.0. The highest BCUT2D eigenvalue weighted by Gasteiger charge is 2.40. The Labute approximate surface area is 123 Å². The first kappa shape index (κ1) is 14.9. The number of carbonyl (C=O) groups excluding carboxylic acids is 2. The molecule has 0 saturated carbocycles. The predicted molar refractivity (Wildman–Crippen MR) is 81.3 cm³/mol. The first-order valence-corrected chi connectivity index (χ1v) is 7.57. The molecule has 1 aromatic carbocycles. The van der Waals surface area contributed by atoms with Crippen molar-refractivity contribution in [2.75, 3.05) is 24.8 Å². The molecule has 0 bridgehead atoms. The molecule has 1 amide bonds. The highest BCUT2D eigenvalue weighted by atomic mass is 32.2. The predicted octanol–water partition coefficient (Wildman–Crippen LogP) is 2.72. The Hall–Kier alpha value is -1.49. The van der Waals surface area contributed by atoms with Crippen LogP contribution < -0.4 is 4.90 Å². The molecular formula is C15H19NO3S. The smallest absolute Gasteiger partial charge is 0.339 e. The van der Waals surface area contributed by atoms with Gasteiger partial charge in [0.2, 0.25) is 5.91 Å². The summed E-state index contributed by atoms with van der Waals surface area (Å²) in [6.07, 6.45) is 1.93. The SMILES string of the molecule is COC(=O)c1ccccc1N(C)C(=O)C1(C)CCCS1. The number of ether oxygens (including phenoxy) is 1. The lowest BCUT2D eigenvalue weighted by Gasteiger charge is -2.29. The molecule has 1 heterocycles. The molecule has 2 rings (SSSR count). The van der Waals surface area contributed by atoms with Crippen molar-refractivity contribution in [1.82, 2.24) is 0 Å². The third-order valence-electron chi connectivity index (χ3n) is 3.65. The largest absolute Gasteiger partial charge is 0.465 e. The quantitative estimate of drug-likeness (QED) is 0.804. The molecule has 1 fully saturated rings. The number of thioether (sulfide) groups is 1. The fraction of sp³-hybridized carbons (Fsp3) is 0.467. The van der Waals surface area contributed by atoms with Crippen LogP contribution in [0.3, 0.4) is 0 Å². The van der Waals surface area contributed by atoms with E-state index in [4.69, 9.17) is 4.74 Å². The molecular weight excluding hydrogens is 274 g/mol. The maximum absolute atomic E-state index is 12.7. The number of hydrogen-bond acceptors (Lipinski definition) is 4. The standard InChI is InChI=1S/C15H19NO3S/c1-15(9-6-10-20-15)14(18)16(2)12-8-5-4-7-11(12)13(17)19-3/h4-5,7-8H,6,9-10H2,1-3H3. The van der Waals surface area contributed by atoms with E-state index in [2.05, 4.69) is 0 Å². The summed E-state index contributed by atoms with van der Waals surface area (Å²) in [7, 11) is 3.06. The summed E-state index contributed by atoms with van der Waals surface area (Å²) in [4.78, 5) is 26.1. The molecule has 0 N–H and O–H groups in total. The van der Waals surface area contributed by atoms with E-state index in [-0.39, 0.29) is 5.91 Å². The number of rotatable bonds is 3. The summed E-state index contributed by atoms with van der Waals surface area (Å²) in [6, 6.07) is 7.03. The van der Waals surface area contributed by atoms with E-state index < -0.39 is 10.7 Å². The van der Waals surface area contributed by atoms with Crippen LogP contribution in [-0.4, -0.2) is 36.5 Å². The molecule has 0 aliphatic carbocycles. The van der Waals surface area contributed by atoms with E-state index in [9.17, 15) is 9.59 Å². The third-order valence-corrected chi connectivity index (χ3v) is 5.16. The Balaban J connectivity index is 2.31. The van der Waals surface area contributed by atoms with Crippen molar-refractivity contribution in [1.29, 1.82) is 0 Å². The average molecular weight is 293 g/mol. The van der Waals surface area contributed by atoms with E-state index in [0.29, 0.717) is 11.3 Å². The summed E-state index contributed by atoms with van der Waals surface area (Å²) >= 11 is 1.69. The first-order valence-electron chi connectivity index (χ1n) is 6.59. The van der Waals surface area contributed by atoms with Crippen molar-refractivity contribution in [2.24, 2.45) is 0 Å². The van der Waals surface area contributed by atoms with Gasteiger partial charge in [-0.25, -0.2) is 4.79 Å². The second kappa shape index (κ2) is 5.87. The Kier molecular flexibility index (Phi) is 4.38. The van der Waals surface area contributed by atoms with Crippen molar-refractivity contribution >= 4 is 29.3 Å². The lowest BCUT2D eigenvalue weighted by Crippen LogP contribution is -2.42. The molecule has 108 valence electrons. The zero-order chi connectivity index (χ0) is 14.8. The number of para-hydroxylation sites is 1. The van der Waals surface area contributed by atoms with Crippen LogP contribution >= 0.6 is 11.8 Å². The summed E-state index contributed by atoms with van der Waals surface area (Å²) < 4.78 is 4.38. The van der Waals surface area contributed by atoms with Gasteiger partial charge in [-0.3, -0.25) is 4.79 Å². The van der Waals surface area contributed by atoms with Crippen LogP contribution in [0.15, 0.2) is 24.3 Å². The number of methoxy groups -OCH3 is 1. The molecule has 0 spiro atoms. The van der Waals surface area contributed by atoms with E-state index in [1.807, 2.05) is 13.0 Å². The minimum Gasteiger partial charge on any atom is -0.465 e. The lowest BCUT2D eigenvalue weighted by molar-refractivity contribution is -0.120. The summed E-state index contributed by atoms with van der Waals surface area (Å²) in [6.45, 7) is 1.98. The molecule has 1 aromatic rings. The van der Waals surface area contributed by atoms with E-state index in [0.717, 1.165) is 18.6 Å². The maximum Gasteiger partial charge on any atom is 0.339 e. The average Bonchev–Trinajstić information content (AvgIpc) is 2.93. The van der Waals surface area contributed by atoms with E-state index >= 15 is 0 Å².